The summed E-state index contributed by atoms with van der Waals surface area (Å²) in [5.74, 6) is -1.14. The average molecular weight is 336 g/mol. The standard InChI is InChI=1S/C16H16O6S/c1-8-11(16(20)22-3)13(18)15(23-8)14(19)12(17)9-4-6-10(21-2)7-5-9/h4-7,14,18-19H,1-3H3/t14-/m0/s1. The van der Waals surface area contributed by atoms with Crippen LogP contribution in [0.2, 0.25) is 0 Å². The van der Waals surface area contributed by atoms with Gasteiger partial charge in [0.25, 0.3) is 0 Å². The largest absolute Gasteiger partial charge is 0.506 e. The van der Waals surface area contributed by atoms with Crippen LogP contribution in [0.4, 0.5) is 0 Å². The molecule has 6 nitrogen and oxygen atoms in total. The zero-order valence-corrected chi connectivity index (χ0v) is 13.6. The first-order chi connectivity index (χ1) is 10.9. The summed E-state index contributed by atoms with van der Waals surface area (Å²) < 4.78 is 9.60. The van der Waals surface area contributed by atoms with Gasteiger partial charge in [0.2, 0.25) is 0 Å². The molecule has 0 amide bonds. The molecule has 2 rings (SSSR count). The maximum Gasteiger partial charge on any atom is 0.342 e. The highest BCUT2D eigenvalue weighted by molar-refractivity contribution is 7.12. The number of rotatable bonds is 5. The highest BCUT2D eigenvalue weighted by Gasteiger charge is 2.29. The Kier molecular flexibility index (Phi) is 5.02. The molecule has 0 bridgehead atoms. The highest BCUT2D eigenvalue weighted by atomic mass is 32.1. The Bertz CT molecular complexity index is 732. The summed E-state index contributed by atoms with van der Waals surface area (Å²) >= 11 is 0.977. The molecule has 0 spiro atoms. The Hall–Kier alpha value is -2.38. The van der Waals surface area contributed by atoms with Crippen LogP contribution in [0.5, 0.6) is 11.5 Å². The van der Waals surface area contributed by atoms with E-state index >= 15 is 0 Å². The molecular weight excluding hydrogens is 320 g/mol. The molecule has 2 N–H and O–H groups in total. The van der Waals surface area contributed by atoms with Crippen molar-refractivity contribution in [2.24, 2.45) is 0 Å². The predicted molar refractivity (Wildman–Crippen MR) is 84.3 cm³/mol. The number of carbonyl (C=O) groups is 2. The smallest absolute Gasteiger partial charge is 0.342 e. The molecule has 23 heavy (non-hydrogen) atoms. The van der Waals surface area contributed by atoms with E-state index in [0.29, 0.717) is 10.6 Å². The molecule has 0 fully saturated rings. The Balaban J connectivity index is 2.34. The van der Waals surface area contributed by atoms with Crippen molar-refractivity contribution in [2.75, 3.05) is 14.2 Å². The van der Waals surface area contributed by atoms with E-state index in [4.69, 9.17) is 4.74 Å². The molecule has 0 aliphatic carbocycles. The number of aliphatic hydroxyl groups excluding tert-OH is 1. The number of ether oxygens (including phenoxy) is 2. The van der Waals surface area contributed by atoms with Gasteiger partial charge in [-0.1, -0.05) is 0 Å². The number of thiophene rings is 1. The lowest BCUT2D eigenvalue weighted by atomic mass is 10.0. The van der Waals surface area contributed by atoms with E-state index in [0.717, 1.165) is 11.3 Å². The second-order valence-electron chi connectivity index (χ2n) is 4.73. The normalized spacial score (nSPS) is 11.8. The van der Waals surface area contributed by atoms with Gasteiger partial charge >= 0.3 is 5.97 Å². The fraction of sp³-hybridized carbons (Fsp3) is 0.250. The van der Waals surface area contributed by atoms with Crippen LogP contribution in [-0.2, 0) is 4.74 Å². The minimum Gasteiger partial charge on any atom is -0.506 e. The van der Waals surface area contributed by atoms with Gasteiger partial charge < -0.3 is 19.7 Å². The van der Waals surface area contributed by atoms with Crippen LogP contribution in [0.1, 0.15) is 36.6 Å². The highest BCUT2D eigenvalue weighted by Crippen LogP contribution is 2.39. The molecule has 0 saturated heterocycles. The second-order valence-corrected chi connectivity index (χ2v) is 5.99. The van der Waals surface area contributed by atoms with E-state index in [2.05, 4.69) is 4.74 Å². The second kappa shape index (κ2) is 6.80. The summed E-state index contributed by atoms with van der Waals surface area (Å²) in [6.07, 6.45) is -1.56. The Morgan fingerprint density at radius 2 is 1.78 bits per heavy atom. The van der Waals surface area contributed by atoms with E-state index in [-0.39, 0.29) is 16.0 Å². The Morgan fingerprint density at radius 1 is 1.17 bits per heavy atom. The molecule has 0 aliphatic rings. The Morgan fingerprint density at radius 3 is 2.30 bits per heavy atom. The van der Waals surface area contributed by atoms with Gasteiger partial charge in [-0.3, -0.25) is 4.79 Å². The van der Waals surface area contributed by atoms with E-state index in [1.54, 1.807) is 19.1 Å². The van der Waals surface area contributed by atoms with Crippen LogP contribution in [0, 0.1) is 6.92 Å². The van der Waals surface area contributed by atoms with Crippen LogP contribution < -0.4 is 4.74 Å². The zero-order valence-electron chi connectivity index (χ0n) is 12.8. The van der Waals surface area contributed by atoms with Crippen molar-refractivity contribution in [1.29, 1.82) is 0 Å². The molecule has 0 aliphatic heterocycles. The van der Waals surface area contributed by atoms with Crippen molar-refractivity contribution in [3.05, 3.63) is 45.1 Å². The van der Waals surface area contributed by atoms with Crippen molar-refractivity contribution >= 4 is 23.1 Å². The number of aliphatic hydroxyl groups is 1. The van der Waals surface area contributed by atoms with Gasteiger partial charge in [0.05, 0.1) is 19.1 Å². The Labute approximate surface area is 136 Å². The first kappa shape index (κ1) is 17.0. The number of esters is 1. The predicted octanol–water partition coefficient (Wildman–Crippen LogP) is 2.47. The molecule has 0 saturated carbocycles. The summed E-state index contributed by atoms with van der Waals surface area (Å²) in [4.78, 5) is 24.5. The van der Waals surface area contributed by atoms with Crippen LogP contribution >= 0.6 is 11.3 Å². The SMILES string of the molecule is COC(=O)c1c(C)sc([C@@H](O)C(=O)c2ccc(OC)cc2)c1O. The minimum absolute atomic E-state index is 0.0173. The number of ketones is 1. The number of methoxy groups -OCH3 is 2. The number of Topliss-reactive ketones (excluding diaryl/α,β-unsaturated/α-hetero) is 1. The molecule has 2 aromatic rings. The summed E-state index contributed by atoms with van der Waals surface area (Å²) in [6.45, 7) is 1.60. The van der Waals surface area contributed by atoms with E-state index in [1.807, 2.05) is 0 Å². The van der Waals surface area contributed by atoms with Crippen molar-refractivity contribution in [3.63, 3.8) is 0 Å². The van der Waals surface area contributed by atoms with Crippen LogP contribution in [-0.4, -0.2) is 36.2 Å². The lowest BCUT2D eigenvalue weighted by molar-refractivity contribution is 0.0595. The average Bonchev–Trinajstić information content (AvgIpc) is 2.87. The molecule has 0 unspecified atom stereocenters. The van der Waals surface area contributed by atoms with Gasteiger partial charge in [-0.05, 0) is 31.2 Å². The number of carbonyl (C=O) groups excluding carboxylic acids is 2. The topological polar surface area (TPSA) is 93.1 Å². The summed E-state index contributed by atoms with van der Waals surface area (Å²) in [6, 6.07) is 6.23. The van der Waals surface area contributed by atoms with Gasteiger partial charge in [0.15, 0.2) is 11.9 Å². The zero-order chi connectivity index (χ0) is 17.1. The maximum atomic E-state index is 12.3. The van der Waals surface area contributed by atoms with Crippen molar-refractivity contribution in [1.82, 2.24) is 0 Å². The summed E-state index contributed by atoms with van der Waals surface area (Å²) in [7, 11) is 2.70. The number of hydrogen-bond acceptors (Lipinski definition) is 7. The fourth-order valence-electron chi connectivity index (χ4n) is 2.11. The molecule has 122 valence electrons. The molecule has 7 heteroatoms. The first-order valence-electron chi connectivity index (χ1n) is 6.67. The van der Waals surface area contributed by atoms with Gasteiger partial charge in [-0.2, -0.15) is 0 Å². The summed E-state index contributed by atoms with van der Waals surface area (Å²) in [5, 5.41) is 20.4. The maximum absolute atomic E-state index is 12.3. The molecule has 0 radical (unpaired) electrons. The van der Waals surface area contributed by atoms with Gasteiger partial charge in [0, 0.05) is 10.4 Å². The third-order valence-corrected chi connectivity index (χ3v) is 4.49. The van der Waals surface area contributed by atoms with Crippen molar-refractivity contribution < 1.29 is 29.3 Å². The number of benzene rings is 1. The van der Waals surface area contributed by atoms with E-state index in [1.165, 1.54) is 26.4 Å². The lowest BCUT2D eigenvalue weighted by Gasteiger charge is -2.09. The third kappa shape index (κ3) is 3.20. The monoisotopic (exact) mass is 336 g/mol. The van der Waals surface area contributed by atoms with Crippen LogP contribution in [0.3, 0.4) is 0 Å². The molecule has 1 heterocycles. The molecule has 1 atom stereocenters. The number of aryl methyl sites for hydroxylation is 1. The molecule has 1 aromatic carbocycles. The molecular formula is C16H16O6S. The summed E-state index contributed by atoms with van der Waals surface area (Å²) in [5.41, 5.74) is 0.234. The first-order valence-corrected chi connectivity index (χ1v) is 7.49. The van der Waals surface area contributed by atoms with Crippen molar-refractivity contribution in [3.8, 4) is 11.5 Å². The number of hydrogen-bond donors (Lipinski definition) is 2. The van der Waals surface area contributed by atoms with Gasteiger partial charge in [0.1, 0.15) is 17.1 Å². The van der Waals surface area contributed by atoms with E-state index < -0.39 is 23.6 Å². The fourth-order valence-corrected chi connectivity index (χ4v) is 3.14. The van der Waals surface area contributed by atoms with Gasteiger partial charge in [-0.25, -0.2) is 4.79 Å². The van der Waals surface area contributed by atoms with Crippen molar-refractivity contribution in [2.45, 2.75) is 13.0 Å². The third-order valence-electron chi connectivity index (χ3n) is 3.35. The van der Waals surface area contributed by atoms with E-state index in [9.17, 15) is 19.8 Å². The quantitative estimate of drug-likeness (QED) is 0.643. The van der Waals surface area contributed by atoms with Crippen LogP contribution in [0.25, 0.3) is 0 Å². The molecule has 1 aromatic heterocycles. The minimum atomic E-state index is -1.56. The lowest BCUT2D eigenvalue weighted by Crippen LogP contribution is -2.11. The van der Waals surface area contributed by atoms with Crippen LogP contribution in [0.15, 0.2) is 24.3 Å². The van der Waals surface area contributed by atoms with Gasteiger partial charge in [-0.15, -0.1) is 11.3 Å². The number of aromatic hydroxyl groups is 1.